The first-order valence-electron chi connectivity index (χ1n) is 12.0. The summed E-state index contributed by atoms with van der Waals surface area (Å²) in [6.07, 6.45) is 0.0385. The van der Waals surface area contributed by atoms with Crippen LogP contribution in [0.1, 0.15) is 30.4 Å². The van der Waals surface area contributed by atoms with Crippen molar-refractivity contribution < 1.29 is 34.8 Å². The minimum absolute atomic E-state index is 0.0385. The van der Waals surface area contributed by atoms with Gasteiger partial charge in [0, 0.05) is 11.5 Å². The van der Waals surface area contributed by atoms with Gasteiger partial charge in [-0.15, -0.1) is 0 Å². The first-order chi connectivity index (χ1) is 17.4. The molecular formula is C28H28N2O7. The van der Waals surface area contributed by atoms with Crippen LogP contribution in [0.4, 0.5) is 0 Å². The van der Waals surface area contributed by atoms with Crippen molar-refractivity contribution in [3.63, 3.8) is 0 Å². The number of amides is 1. The Bertz CT molecular complexity index is 1430. The van der Waals surface area contributed by atoms with E-state index in [4.69, 9.17) is 5.73 Å². The lowest BCUT2D eigenvalue weighted by Gasteiger charge is -2.51. The van der Waals surface area contributed by atoms with E-state index >= 15 is 0 Å². The second kappa shape index (κ2) is 8.29. The van der Waals surface area contributed by atoms with Crippen LogP contribution in [0, 0.1) is 11.8 Å². The van der Waals surface area contributed by atoms with E-state index in [0.717, 1.165) is 11.1 Å². The fraction of sp³-hybridized carbons (Fsp3) is 0.321. The minimum Gasteiger partial charge on any atom is -0.508 e. The number of benzene rings is 2. The number of carbonyl (C=O) groups excluding carboxylic acids is 3. The highest BCUT2D eigenvalue weighted by Gasteiger charge is 2.64. The number of hydrogen-bond acceptors (Lipinski definition) is 8. The second-order valence-electron chi connectivity index (χ2n) is 10.2. The number of fused-ring (bicyclic) bond motifs is 3. The largest absolute Gasteiger partial charge is 0.508 e. The number of nitrogens with two attached hydrogens (primary N) is 1. The number of aliphatic hydroxyl groups excluding tert-OH is 2. The van der Waals surface area contributed by atoms with Crippen LogP contribution in [-0.4, -0.2) is 68.5 Å². The van der Waals surface area contributed by atoms with Crippen LogP contribution in [0.25, 0.3) is 16.9 Å². The lowest BCUT2D eigenvalue weighted by molar-refractivity contribution is -0.154. The van der Waals surface area contributed by atoms with E-state index in [1.165, 1.54) is 11.0 Å². The lowest BCUT2D eigenvalue weighted by Crippen LogP contribution is -2.65. The van der Waals surface area contributed by atoms with Gasteiger partial charge in [0.15, 0.2) is 11.4 Å². The van der Waals surface area contributed by atoms with E-state index in [-0.39, 0.29) is 23.3 Å². The zero-order valence-corrected chi connectivity index (χ0v) is 20.6. The zero-order chi connectivity index (χ0) is 27.0. The van der Waals surface area contributed by atoms with Gasteiger partial charge in [0.1, 0.15) is 22.8 Å². The molecule has 9 heteroatoms. The van der Waals surface area contributed by atoms with Crippen LogP contribution < -0.4 is 5.73 Å². The van der Waals surface area contributed by atoms with E-state index in [2.05, 4.69) is 0 Å². The molecule has 0 aliphatic heterocycles. The molecule has 37 heavy (non-hydrogen) atoms. The summed E-state index contributed by atoms with van der Waals surface area (Å²) in [6.45, 7) is 1.86. The van der Waals surface area contributed by atoms with Gasteiger partial charge in [-0.2, -0.15) is 0 Å². The fourth-order valence-corrected chi connectivity index (χ4v) is 6.49. The highest BCUT2D eigenvalue weighted by Crippen LogP contribution is 2.57. The fourth-order valence-electron chi connectivity index (χ4n) is 6.49. The summed E-state index contributed by atoms with van der Waals surface area (Å²) in [4.78, 5) is 40.8. The van der Waals surface area contributed by atoms with Gasteiger partial charge < -0.3 is 26.2 Å². The van der Waals surface area contributed by atoms with Crippen molar-refractivity contribution in [2.45, 2.75) is 30.9 Å². The molecule has 0 unspecified atom stereocenters. The normalized spacial score (nSPS) is 29.2. The third-order valence-electron chi connectivity index (χ3n) is 8.16. The average Bonchev–Trinajstić information content (AvgIpc) is 2.84. The number of Topliss-reactive ketones (excluding diaryl/α,β-unsaturated/α-hetero) is 2. The van der Waals surface area contributed by atoms with E-state index in [9.17, 15) is 34.8 Å². The first-order valence-corrected chi connectivity index (χ1v) is 12.0. The number of phenolic OH excluding ortho intramolecular Hbond substituents is 1. The summed E-state index contributed by atoms with van der Waals surface area (Å²) >= 11 is 0. The van der Waals surface area contributed by atoms with Crippen LogP contribution in [0.3, 0.4) is 0 Å². The van der Waals surface area contributed by atoms with Crippen LogP contribution in [-0.2, 0) is 14.4 Å². The maximum atomic E-state index is 14.0. The Morgan fingerprint density at radius 1 is 1.05 bits per heavy atom. The molecule has 6 N–H and O–H groups in total. The third-order valence-corrected chi connectivity index (χ3v) is 8.16. The van der Waals surface area contributed by atoms with Crippen LogP contribution in [0.2, 0.25) is 0 Å². The molecule has 3 aliphatic carbocycles. The van der Waals surface area contributed by atoms with Crippen LogP contribution >= 0.6 is 0 Å². The van der Waals surface area contributed by atoms with Crippen LogP contribution in [0.15, 0.2) is 59.4 Å². The van der Waals surface area contributed by atoms with Gasteiger partial charge >= 0.3 is 0 Å². The topological polar surface area (TPSA) is 161 Å². The first kappa shape index (κ1) is 24.7. The number of rotatable bonds is 3. The Labute approximate surface area is 213 Å². The molecule has 2 aromatic rings. The predicted molar refractivity (Wildman–Crippen MR) is 134 cm³/mol. The molecule has 0 bridgehead atoms. The highest BCUT2D eigenvalue weighted by atomic mass is 16.3. The number of carbonyl (C=O) groups is 3. The summed E-state index contributed by atoms with van der Waals surface area (Å²) in [7, 11) is 3.14. The molecule has 2 aromatic carbocycles. The molecule has 0 heterocycles. The third kappa shape index (κ3) is 3.20. The number of likely N-dealkylation sites (N-methyl/N-ethyl adjacent to an activating group) is 1. The molecule has 5 rings (SSSR count). The molecule has 1 saturated carbocycles. The Morgan fingerprint density at radius 2 is 1.70 bits per heavy atom. The number of ketones is 2. The molecule has 0 saturated heterocycles. The molecule has 0 radical (unpaired) electrons. The van der Waals surface area contributed by atoms with Gasteiger partial charge in [-0.1, -0.05) is 43.3 Å². The zero-order valence-electron chi connectivity index (χ0n) is 20.6. The second-order valence-corrected chi connectivity index (χ2v) is 10.2. The maximum Gasteiger partial charge on any atom is 0.255 e. The van der Waals surface area contributed by atoms with Crippen molar-refractivity contribution in [3.8, 4) is 16.9 Å². The number of primary amides is 1. The summed E-state index contributed by atoms with van der Waals surface area (Å²) in [5.41, 5.74) is 4.04. The highest BCUT2D eigenvalue weighted by molar-refractivity contribution is 6.24. The van der Waals surface area contributed by atoms with Gasteiger partial charge in [-0.25, -0.2) is 0 Å². The Kier molecular flexibility index (Phi) is 5.54. The molecule has 1 amide bonds. The molecule has 3 aliphatic rings. The SMILES string of the molecule is C[C@H]1c2c(-c3ccccc3)ccc(O)c2C(O)=C2C(=O)[C@]3(O)C(O)=C(C(N)=O)C(=O)[C@@H](N(C)C)[C@@H]3C[C@@H]21. The van der Waals surface area contributed by atoms with Gasteiger partial charge in [-0.3, -0.25) is 19.3 Å². The molecule has 1 fully saturated rings. The van der Waals surface area contributed by atoms with Gasteiger partial charge in [0.25, 0.3) is 5.91 Å². The van der Waals surface area contributed by atoms with Gasteiger partial charge in [0.05, 0.1) is 11.6 Å². The summed E-state index contributed by atoms with van der Waals surface area (Å²) in [6, 6.07) is 11.5. The van der Waals surface area contributed by atoms with Crippen molar-refractivity contribution in [3.05, 3.63) is 70.5 Å². The monoisotopic (exact) mass is 504 g/mol. The quantitative estimate of drug-likeness (QED) is 0.398. The minimum atomic E-state index is -2.66. The molecule has 192 valence electrons. The van der Waals surface area contributed by atoms with E-state index in [1.807, 2.05) is 37.3 Å². The van der Waals surface area contributed by atoms with Gasteiger partial charge in [-0.05, 0) is 55.1 Å². The number of phenols is 1. The molecule has 0 aromatic heterocycles. The Balaban J connectivity index is 1.79. The average molecular weight is 505 g/mol. The molecular weight excluding hydrogens is 476 g/mol. The van der Waals surface area contributed by atoms with Crippen LogP contribution in [0.5, 0.6) is 5.75 Å². The molecule has 9 nitrogen and oxygen atoms in total. The van der Waals surface area contributed by atoms with Crippen molar-refractivity contribution in [2.75, 3.05) is 14.1 Å². The summed E-state index contributed by atoms with van der Waals surface area (Å²) in [5, 5.41) is 44.8. The predicted octanol–water partition coefficient (Wildman–Crippen LogP) is 2.19. The van der Waals surface area contributed by atoms with Crippen molar-refractivity contribution >= 4 is 23.2 Å². The lowest BCUT2D eigenvalue weighted by atomic mass is 9.55. The Hall–Kier alpha value is -3.95. The number of aliphatic hydroxyl groups is 3. The smallest absolute Gasteiger partial charge is 0.255 e. The van der Waals surface area contributed by atoms with Gasteiger partial charge in [0.2, 0.25) is 5.78 Å². The van der Waals surface area contributed by atoms with E-state index < -0.39 is 64.0 Å². The van der Waals surface area contributed by atoms with Crippen molar-refractivity contribution in [2.24, 2.45) is 17.6 Å². The molecule has 5 atom stereocenters. The van der Waals surface area contributed by atoms with Crippen molar-refractivity contribution in [1.29, 1.82) is 0 Å². The van der Waals surface area contributed by atoms with E-state index in [0.29, 0.717) is 5.56 Å². The summed E-state index contributed by atoms with van der Waals surface area (Å²) < 4.78 is 0. The Morgan fingerprint density at radius 3 is 2.30 bits per heavy atom. The molecule has 0 spiro atoms. The van der Waals surface area contributed by atoms with E-state index in [1.54, 1.807) is 20.2 Å². The van der Waals surface area contributed by atoms with Crippen molar-refractivity contribution in [1.82, 2.24) is 4.90 Å². The maximum absolute atomic E-state index is 14.0. The number of aromatic hydroxyl groups is 1. The standard InChI is InChI=1S/C28H28N2O7/c1-12-15-11-16-22(30(2)3)24(33)21(27(29)36)26(35)28(16,37)25(34)19(15)23(32)20-17(31)10-9-14(18(12)20)13-7-5-4-6-8-13/h4-10,12,15-16,22,31-32,35,37H,11H2,1-3H3,(H2,29,36)/t12-,15-,16+,22+,28+/m1/s1. The number of nitrogens with zero attached hydrogens (tertiary/aromatic N) is 1. The summed E-state index contributed by atoms with van der Waals surface area (Å²) in [5.74, 6) is -7.09. The number of hydrogen-bond donors (Lipinski definition) is 5.